The fourth-order valence-corrected chi connectivity index (χ4v) is 3.05. The number of rotatable bonds is 4. The molecule has 0 bridgehead atoms. The third-order valence-corrected chi connectivity index (χ3v) is 3.98. The summed E-state index contributed by atoms with van der Waals surface area (Å²) in [5, 5.41) is 9.05. The van der Waals surface area contributed by atoms with Crippen molar-refractivity contribution in [1.29, 1.82) is 0 Å². The third kappa shape index (κ3) is 2.57. The fraction of sp³-hybridized carbons (Fsp3) is 0.636. The molecule has 2 rings (SSSR count). The largest absolute Gasteiger partial charge is 0.480 e. The lowest BCUT2D eigenvalue weighted by molar-refractivity contribution is -0.140. The quantitative estimate of drug-likeness (QED) is 0.768. The van der Waals surface area contributed by atoms with Crippen LogP contribution >= 0.6 is 11.8 Å². The van der Waals surface area contributed by atoms with Crippen molar-refractivity contribution in [2.24, 2.45) is 0 Å². The van der Waals surface area contributed by atoms with Crippen molar-refractivity contribution in [3.63, 3.8) is 0 Å². The summed E-state index contributed by atoms with van der Waals surface area (Å²) >= 11 is 1.49. The van der Waals surface area contributed by atoms with Gasteiger partial charge in [-0.05, 0) is 12.8 Å². The topological polar surface area (TPSA) is 60.9 Å². The minimum absolute atomic E-state index is 0.162. The molecule has 6 heteroatoms. The molecule has 0 radical (unpaired) electrons. The second kappa shape index (κ2) is 5.00. The Bertz CT molecular complexity index is 344. The number of carbonyl (C=O) groups excluding carboxylic acids is 1. The van der Waals surface area contributed by atoms with E-state index in [1.54, 1.807) is 11.0 Å². The molecule has 17 heavy (non-hydrogen) atoms. The van der Waals surface area contributed by atoms with Gasteiger partial charge in [0.2, 0.25) is 0 Å². The fourth-order valence-electron chi connectivity index (χ4n) is 1.91. The first-order chi connectivity index (χ1) is 8.15. The number of carbonyl (C=O) groups is 2. The standard InChI is InChI=1S/C11H16N2O3S/c1-2-5-12(8-3-4-8)11(16)13-7-17-6-9(13)10(14)15/h2,8-9H,1,3-7H2,(H,14,15)/t9-/m0/s1. The molecule has 0 aromatic heterocycles. The Kier molecular flexibility index (Phi) is 3.61. The van der Waals surface area contributed by atoms with E-state index in [0.29, 0.717) is 18.2 Å². The van der Waals surface area contributed by atoms with Gasteiger partial charge in [0.15, 0.2) is 0 Å². The van der Waals surface area contributed by atoms with Crippen LogP contribution in [0.5, 0.6) is 0 Å². The first-order valence-electron chi connectivity index (χ1n) is 5.64. The minimum atomic E-state index is -0.919. The number of thioether (sulfide) groups is 1. The predicted octanol–water partition coefficient (Wildman–Crippen LogP) is 1.22. The van der Waals surface area contributed by atoms with Gasteiger partial charge in [0.1, 0.15) is 6.04 Å². The van der Waals surface area contributed by atoms with E-state index in [1.165, 1.54) is 16.7 Å². The van der Waals surface area contributed by atoms with Crippen LogP contribution < -0.4 is 0 Å². The van der Waals surface area contributed by atoms with Gasteiger partial charge in [-0.1, -0.05) is 6.08 Å². The number of carboxylic acids is 1. The average Bonchev–Trinajstić information content (AvgIpc) is 3.00. The molecule has 1 saturated carbocycles. The number of carboxylic acid groups (broad SMARTS) is 1. The molecular formula is C11H16N2O3S. The van der Waals surface area contributed by atoms with Crippen molar-refractivity contribution in [2.75, 3.05) is 18.2 Å². The molecule has 2 amide bonds. The minimum Gasteiger partial charge on any atom is -0.480 e. The van der Waals surface area contributed by atoms with Gasteiger partial charge in [0, 0.05) is 18.3 Å². The lowest BCUT2D eigenvalue weighted by atomic mass is 10.3. The summed E-state index contributed by atoms with van der Waals surface area (Å²) in [6.45, 7) is 4.14. The summed E-state index contributed by atoms with van der Waals surface area (Å²) in [5.41, 5.74) is 0. The Hall–Kier alpha value is -1.17. The number of nitrogens with zero attached hydrogens (tertiary/aromatic N) is 2. The first-order valence-corrected chi connectivity index (χ1v) is 6.79. The van der Waals surface area contributed by atoms with Crippen LogP contribution in [-0.4, -0.2) is 57.2 Å². The Labute approximate surface area is 104 Å². The molecule has 2 aliphatic rings. The molecule has 0 unspecified atom stereocenters. The van der Waals surface area contributed by atoms with Crippen molar-refractivity contribution in [3.05, 3.63) is 12.7 Å². The molecule has 0 aromatic carbocycles. The van der Waals surface area contributed by atoms with Crippen molar-refractivity contribution in [3.8, 4) is 0 Å². The van der Waals surface area contributed by atoms with Gasteiger partial charge >= 0.3 is 12.0 Å². The van der Waals surface area contributed by atoms with Crippen LogP contribution in [-0.2, 0) is 4.79 Å². The molecule has 0 aromatic rings. The van der Waals surface area contributed by atoms with Gasteiger partial charge in [-0.3, -0.25) is 0 Å². The Balaban J connectivity index is 2.06. The molecule has 1 N–H and O–H groups in total. The zero-order valence-corrected chi connectivity index (χ0v) is 10.4. The van der Waals surface area contributed by atoms with E-state index in [2.05, 4.69) is 6.58 Å². The van der Waals surface area contributed by atoms with Crippen molar-refractivity contribution in [1.82, 2.24) is 9.80 Å². The van der Waals surface area contributed by atoms with E-state index >= 15 is 0 Å². The van der Waals surface area contributed by atoms with Crippen molar-refractivity contribution >= 4 is 23.8 Å². The lowest BCUT2D eigenvalue weighted by Gasteiger charge is -2.29. The highest BCUT2D eigenvalue weighted by atomic mass is 32.2. The molecule has 1 atom stereocenters. The van der Waals surface area contributed by atoms with Crippen LogP contribution in [0.2, 0.25) is 0 Å². The highest BCUT2D eigenvalue weighted by molar-refractivity contribution is 7.99. The molecular weight excluding hydrogens is 240 g/mol. The third-order valence-electron chi connectivity index (χ3n) is 2.97. The Morgan fingerprint density at radius 1 is 1.53 bits per heavy atom. The van der Waals surface area contributed by atoms with E-state index in [1.807, 2.05) is 0 Å². The Morgan fingerprint density at radius 3 is 2.76 bits per heavy atom. The van der Waals surface area contributed by atoms with Gasteiger partial charge < -0.3 is 14.9 Å². The van der Waals surface area contributed by atoms with Crippen LogP contribution in [0.25, 0.3) is 0 Å². The number of amides is 2. The molecule has 1 heterocycles. The van der Waals surface area contributed by atoms with Crippen LogP contribution in [0.15, 0.2) is 12.7 Å². The van der Waals surface area contributed by atoms with Gasteiger partial charge in [-0.25, -0.2) is 9.59 Å². The Morgan fingerprint density at radius 2 is 2.24 bits per heavy atom. The maximum absolute atomic E-state index is 12.3. The highest BCUT2D eigenvalue weighted by Crippen LogP contribution is 2.30. The predicted molar refractivity (Wildman–Crippen MR) is 65.9 cm³/mol. The monoisotopic (exact) mass is 256 g/mol. The maximum Gasteiger partial charge on any atom is 0.327 e. The number of hydrogen-bond acceptors (Lipinski definition) is 3. The lowest BCUT2D eigenvalue weighted by Crippen LogP contribution is -2.49. The second-order valence-electron chi connectivity index (χ2n) is 4.28. The maximum atomic E-state index is 12.3. The molecule has 2 fully saturated rings. The van der Waals surface area contributed by atoms with E-state index in [4.69, 9.17) is 5.11 Å². The molecule has 1 saturated heterocycles. The highest BCUT2D eigenvalue weighted by Gasteiger charge is 2.40. The van der Waals surface area contributed by atoms with Crippen molar-refractivity contribution in [2.45, 2.75) is 24.9 Å². The van der Waals surface area contributed by atoms with E-state index in [-0.39, 0.29) is 12.1 Å². The van der Waals surface area contributed by atoms with Gasteiger partial charge in [0.25, 0.3) is 0 Å². The number of hydrogen-bond donors (Lipinski definition) is 1. The number of urea groups is 1. The smallest absolute Gasteiger partial charge is 0.327 e. The molecule has 94 valence electrons. The molecule has 1 aliphatic heterocycles. The summed E-state index contributed by atoms with van der Waals surface area (Å²) in [4.78, 5) is 26.5. The first kappa shape index (κ1) is 12.3. The van der Waals surface area contributed by atoms with Crippen LogP contribution in [0.1, 0.15) is 12.8 Å². The van der Waals surface area contributed by atoms with Crippen molar-refractivity contribution < 1.29 is 14.7 Å². The second-order valence-corrected chi connectivity index (χ2v) is 5.28. The zero-order chi connectivity index (χ0) is 12.4. The van der Waals surface area contributed by atoms with Crippen LogP contribution in [0.4, 0.5) is 4.79 Å². The summed E-state index contributed by atoms with van der Waals surface area (Å²) in [6, 6.07) is -0.566. The average molecular weight is 256 g/mol. The zero-order valence-electron chi connectivity index (χ0n) is 9.54. The summed E-state index contributed by atoms with van der Waals surface area (Å²) in [5.74, 6) is 0.0294. The van der Waals surface area contributed by atoms with Gasteiger partial charge in [-0.15, -0.1) is 18.3 Å². The van der Waals surface area contributed by atoms with Gasteiger partial charge in [-0.2, -0.15) is 0 Å². The van der Waals surface area contributed by atoms with E-state index in [9.17, 15) is 9.59 Å². The van der Waals surface area contributed by atoms with Crippen LogP contribution in [0.3, 0.4) is 0 Å². The van der Waals surface area contributed by atoms with E-state index < -0.39 is 12.0 Å². The summed E-state index contributed by atoms with van der Waals surface area (Å²) in [6.07, 6.45) is 3.71. The van der Waals surface area contributed by atoms with Crippen LogP contribution in [0, 0.1) is 0 Å². The SMILES string of the molecule is C=CCN(C(=O)N1CSC[C@H]1C(=O)O)C1CC1. The molecule has 5 nitrogen and oxygen atoms in total. The summed E-state index contributed by atoms with van der Waals surface area (Å²) < 4.78 is 0. The molecule has 1 aliphatic carbocycles. The van der Waals surface area contributed by atoms with Gasteiger partial charge in [0.05, 0.1) is 5.88 Å². The van der Waals surface area contributed by atoms with E-state index in [0.717, 1.165) is 12.8 Å². The normalized spacial score (nSPS) is 23.5. The molecule has 0 spiro atoms. The number of aliphatic carboxylic acids is 1. The summed E-state index contributed by atoms with van der Waals surface area (Å²) in [7, 11) is 0.